The number of nitro groups is 1. The highest BCUT2D eigenvalue weighted by atomic mass is 19.4. The molecule has 2 aromatic carbocycles. The van der Waals surface area contributed by atoms with E-state index < -0.39 is 16.7 Å². The van der Waals surface area contributed by atoms with Crippen molar-refractivity contribution < 1.29 is 22.9 Å². The molecule has 2 aromatic rings. The molecule has 1 aliphatic rings. The molecule has 0 bridgehead atoms. The van der Waals surface area contributed by atoms with Gasteiger partial charge in [-0.05, 0) is 30.7 Å². The summed E-state index contributed by atoms with van der Waals surface area (Å²) in [5.74, 6) is -0.250. The van der Waals surface area contributed by atoms with E-state index in [4.69, 9.17) is 0 Å². The number of piperazine rings is 1. The van der Waals surface area contributed by atoms with Crippen LogP contribution in [0.3, 0.4) is 0 Å². The van der Waals surface area contributed by atoms with E-state index in [9.17, 15) is 28.1 Å². The van der Waals surface area contributed by atoms with Crippen LogP contribution in [0.5, 0.6) is 0 Å². The molecule has 0 aliphatic carbocycles. The summed E-state index contributed by atoms with van der Waals surface area (Å²) in [6, 6.07) is 9.70. The second-order valence-corrected chi connectivity index (χ2v) is 7.50. The van der Waals surface area contributed by atoms with Crippen LogP contribution in [-0.2, 0) is 17.5 Å². The number of hydrogen-bond donors (Lipinski definition) is 1. The van der Waals surface area contributed by atoms with E-state index in [0.717, 1.165) is 17.7 Å². The van der Waals surface area contributed by atoms with Crippen molar-refractivity contribution in [3.8, 4) is 0 Å². The Hall–Kier alpha value is -2.98. The van der Waals surface area contributed by atoms with Gasteiger partial charge in [0.15, 0.2) is 0 Å². The molecule has 0 radical (unpaired) electrons. The third kappa shape index (κ3) is 6.02. The second-order valence-electron chi connectivity index (χ2n) is 7.50. The molecule has 31 heavy (non-hydrogen) atoms. The van der Waals surface area contributed by atoms with Gasteiger partial charge >= 0.3 is 6.18 Å². The number of amides is 1. The van der Waals surface area contributed by atoms with E-state index in [1.165, 1.54) is 24.3 Å². The van der Waals surface area contributed by atoms with Gasteiger partial charge in [0.1, 0.15) is 0 Å². The standard InChI is InChI=1S/C21H23F3N4O3/c1-15-18(3-2-4-19(15)28(30)31)25-20(29)14-27-11-9-26(10-12-27)13-16-5-7-17(8-6-16)21(22,23)24/h2-8H,9-14H2,1H3,(H,25,29). The van der Waals surface area contributed by atoms with Crippen molar-refractivity contribution in [1.29, 1.82) is 0 Å². The molecule has 1 amide bonds. The Morgan fingerprint density at radius 3 is 2.26 bits per heavy atom. The van der Waals surface area contributed by atoms with Gasteiger partial charge in [-0.15, -0.1) is 0 Å². The lowest BCUT2D eigenvalue weighted by atomic mass is 10.1. The first-order valence-corrected chi connectivity index (χ1v) is 9.78. The van der Waals surface area contributed by atoms with E-state index in [0.29, 0.717) is 44.0 Å². The molecule has 3 rings (SSSR count). The second kappa shape index (κ2) is 9.44. The summed E-state index contributed by atoms with van der Waals surface area (Å²) >= 11 is 0. The fourth-order valence-electron chi connectivity index (χ4n) is 3.51. The van der Waals surface area contributed by atoms with Gasteiger partial charge < -0.3 is 5.32 Å². The monoisotopic (exact) mass is 436 g/mol. The molecule has 0 saturated carbocycles. The molecule has 1 aliphatic heterocycles. The molecular weight excluding hydrogens is 413 g/mol. The summed E-state index contributed by atoms with van der Waals surface area (Å²) in [4.78, 5) is 27.0. The third-order valence-electron chi connectivity index (χ3n) is 5.30. The molecule has 10 heteroatoms. The van der Waals surface area contributed by atoms with Gasteiger partial charge in [0.25, 0.3) is 5.69 Å². The minimum absolute atomic E-state index is 0.0466. The number of halogens is 3. The topological polar surface area (TPSA) is 78.7 Å². The van der Waals surface area contributed by atoms with Crippen molar-refractivity contribution in [2.45, 2.75) is 19.6 Å². The normalized spacial score (nSPS) is 15.6. The molecule has 0 atom stereocenters. The van der Waals surface area contributed by atoms with Crippen molar-refractivity contribution >= 4 is 17.3 Å². The molecule has 0 unspecified atom stereocenters. The number of rotatable bonds is 6. The molecule has 0 spiro atoms. The number of nitro benzene ring substituents is 1. The largest absolute Gasteiger partial charge is 0.416 e. The van der Waals surface area contributed by atoms with E-state index in [2.05, 4.69) is 10.2 Å². The summed E-state index contributed by atoms with van der Waals surface area (Å²) in [6.45, 7) is 4.95. The van der Waals surface area contributed by atoms with Gasteiger partial charge in [0.2, 0.25) is 5.91 Å². The number of carbonyl (C=O) groups is 1. The summed E-state index contributed by atoms with van der Waals surface area (Å²) in [7, 11) is 0. The molecule has 1 saturated heterocycles. The quantitative estimate of drug-likeness (QED) is 0.552. The number of nitrogens with zero attached hydrogens (tertiary/aromatic N) is 3. The predicted molar refractivity (Wildman–Crippen MR) is 110 cm³/mol. The maximum absolute atomic E-state index is 12.7. The Morgan fingerprint density at radius 2 is 1.68 bits per heavy atom. The van der Waals surface area contributed by atoms with Crippen LogP contribution in [0.1, 0.15) is 16.7 Å². The van der Waals surface area contributed by atoms with E-state index in [-0.39, 0.29) is 18.1 Å². The first-order valence-electron chi connectivity index (χ1n) is 9.78. The van der Waals surface area contributed by atoms with Crippen LogP contribution in [0, 0.1) is 17.0 Å². The Labute approximate surface area is 177 Å². The number of benzene rings is 2. The number of anilines is 1. The smallest absolute Gasteiger partial charge is 0.324 e. The average molecular weight is 436 g/mol. The van der Waals surface area contributed by atoms with E-state index in [1.54, 1.807) is 13.0 Å². The van der Waals surface area contributed by atoms with Crippen LogP contribution in [0.25, 0.3) is 0 Å². The highest BCUT2D eigenvalue weighted by molar-refractivity contribution is 5.93. The van der Waals surface area contributed by atoms with Gasteiger partial charge in [-0.25, -0.2) is 0 Å². The Kier molecular flexibility index (Phi) is 6.91. The molecule has 166 valence electrons. The van der Waals surface area contributed by atoms with Crippen molar-refractivity contribution in [2.75, 3.05) is 38.0 Å². The lowest BCUT2D eigenvalue weighted by Crippen LogP contribution is -2.48. The van der Waals surface area contributed by atoms with Crippen molar-refractivity contribution in [3.05, 3.63) is 69.3 Å². The first kappa shape index (κ1) is 22.7. The van der Waals surface area contributed by atoms with Gasteiger partial charge in [-0.3, -0.25) is 24.7 Å². The minimum atomic E-state index is -4.34. The van der Waals surface area contributed by atoms with Gasteiger partial charge in [-0.2, -0.15) is 13.2 Å². The molecule has 1 heterocycles. The van der Waals surface area contributed by atoms with Crippen molar-refractivity contribution in [2.24, 2.45) is 0 Å². The SMILES string of the molecule is Cc1c(NC(=O)CN2CCN(Cc3ccc(C(F)(F)F)cc3)CC2)cccc1[N+](=O)[O-]. The zero-order chi connectivity index (χ0) is 22.6. The maximum atomic E-state index is 12.7. The number of alkyl halides is 3. The van der Waals surface area contributed by atoms with Crippen LogP contribution >= 0.6 is 0 Å². The van der Waals surface area contributed by atoms with Gasteiger partial charge in [0, 0.05) is 38.8 Å². The number of nitrogens with one attached hydrogen (secondary N) is 1. The molecule has 1 fully saturated rings. The van der Waals surface area contributed by atoms with Gasteiger partial charge in [-0.1, -0.05) is 18.2 Å². The summed E-state index contributed by atoms with van der Waals surface area (Å²) in [6.07, 6.45) is -4.34. The zero-order valence-corrected chi connectivity index (χ0v) is 17.0. The Bertz CT molecular complexity index is 940. The highest BCUT2D eigenvalue weighted by Crippen LogP contribution is 2.29. The number of hydrogen-bond acceptors (Lipinski definition) is 5. The van der Waals surface area contributed by atoms with E-state index >= 15 is 0 Å². The number of carbonyl (C=O) groups excluding carboxylic acids is 1. The van der Waals surface area contributed by atoms with Crippen LogP contribution < -0.4 is 5.32 Å². The third-order valence-corrected chi connectivity index (χ3v) is 5.30. The van der Waals surface area contributed by atoms with Crippen molar-refractivity contribution in [3.63, 3.8) is 0 Å². The highest BCUT2D eigenvalue weighted by Gasteiger charge is 2.30. The summed E-state index contributed by atoms with van der Waals surface area (Å²) in [5.41, 5.74) is 0.920. The summed E-state index contributed by atoms with van der Waals surface area (Å²) in [5, 5.41) is 13.8. The maximum Gasteiger partial charge on any atom is 0.416 e. The average Bonchev–Trinajstić information content (AvgIpc) is 2.70. The fraction of sp³-hybridized carbons (Fsp3) is 0.381. The Morgan fingerprint density at radius 1 is 1.06 bits per heavy atom. The van der Waals surface area contributed by atoms with Crippen molar-refractivity contribution in [1.82, 2.24) is 9.80 Å². The van der Waals surface area contributed by atoms with Crippen LogP contribution in [0.2, 0.25) is 0 Å². The van der Waals surface area contributed by atoms with Crippen LogP contribution in [0.15, 0.2) is 42.5 Å². The molecule has 7 nitrogen and oxygen atoms in total. The van der Waals surface area contributed by atoms with E-state index in [1.807, 2.05) is 4.90 Å². The van der Waals surface area contributed by atoms with Crippen LogP contribution in [-0.4, -0.2) is 53.4 Å². The first-order chi connectivity index (χ1) is 14.6. The van der Waals surface area contributed by atoms with Gasteiger partial charge in [0.05, 0.1) is 28.3 Å². The Balaban J connectivity index is 1.47. The molecule has 1 N–H and O–H groups in total. The summed E-state index contributed by atoms with van der Waals surface area (Å²) < 4.78 is 38.0. The molecule has 0 aromatic heterocycles. The van der Waals surface area contributed by atoms with Crippen LogP contribution in [0.4, 0.5) is 24.5 Å². The molecular formula is C21H23F3N4O3. The predicted octanol–water partition coefficient (Wildman–Crippen LogP) is 3.68. The zero-order valence-electron chi connectivity index (χ0n) is 17.0. The lowest BCUT2D eigenvalue weighted by molar-refractivity contribution is -0.385. The minimum Gasteiger partial charge on any atom is -0.324 e. The lowest BCUT2D eigenvalue weighted by Gasteiger charge is -2.34. The fourth-order valence-corrected chi connectivity index (χ4v) is 3.51.